The predicted molar refractivity (Wildman–Crippen MR) is 175 cm³/mol. The van der Waals surface area contributed by atoms with Crippen LogP contribution in [0.15, 0.2) is 86.4 Å². The summed E-state index contributed by atoms with van der Waals surface area (Å²) in [5.41, 5.74) is 1.84. The van der Waals surface area contributed by atoms with Gasteiger partial charge in [0.25, 0.3) is 5.91 Å². The number of amides is 1. The summed E-state index contributed by atoms with van der Waals surface area (Å²) in [5, 5.41) is 11.3. The number of aliphatic hydroxyl groups is 1. The largest absolute Gasteiger partial charge is 0.506 e. The lowest BCUT2D eigenvalue weighted by Crippen LogP contribution is -2.14. The van der Waals surface area contributed by atoms with E-state index in [2.05, 4.69) is 66.1 Å². The molecule has 6 nitrogen and oxygen atoms in total. The second-order valence-electron chi connectivity index (χ2n) is 7.99. The number of carbonyl (C=O) groups is 2. The number of esters is 1. The van der Waals surface area contributed by atoms with Gasteiger partial charge in [-0.25, -0.2) is 9.79 Å². The zero-order chi connectivity index (χ0) is 28.1. The lowest BCUT2D eigenvalue weighted by Gasteiger charge is -2.12. The van der Waals surface area contributed by atoms with E-state index in [9.17, 15) is 14.7 Å². The van der Waals surface area contributed by atoms with Crippen LogP contribution in [0.4, 0.5) is 0 Å². The van der Waals surface area contributed by atoms with Crippen LogP contribution in [0.5, 0.6) is 5.75 Å². The van der Waals surface area contributed by atoms with Crippen molar-refractivity contribution in [2.45, 2.75) is 13.5 Å². The van der Waals surface area contributed by atoms with Gasteiger partial charge in [0.1, 0.15) is 28.7 Å². The number of halogens is 4. The Labute approximate surface area is 270 Å². The summed E-state index contributed by atoms with van der Waals surface area (Å²) in [7, 11) is 0. The van der Waals surface area contributed by atoms with Crippen molar-refractivity contribution in [1.29, 1.82) is 0 Å². The van der Waals surface area contributed by atoms with E-state index in [4.69, 9.17) is 21.1 Å². The Hall–Kier alpha value is -1.87. The normalized spacial score (nSPS) is 15.2. The molecule has 11 heteroatoms. The highest BCUT2D eigenvalue weighted by atomic mass is 127. The van der Waals surface area contributed by atoms with Crippen molar-refractivity contribution >= 4 is 107 Å². The average Bonchev–Trinajstić information content (AvgIpc) is 3.19. The summed E-state index contributed by atoms with van der Waals surface area (Å²) in [6.07, 6.45) is 1.73. The van der Waals surface area contributed by atoms with Gasteiger partial charge in [-0.15, -0.1) is 0 Å². The van der Waals surface area contributed by atoms with Crippen LogP contribution in [0, 0.1) is 7.14 Å². The standard InChI is InChI=1S/C28H19BrClI2NO5S/c1-2-37-28(36)23-24(34)22(39-27(23)33-26(35)18-5-3-4-6-19(18)30)13-16-11-20(31)25(21(32)12-16)38-14-15-7-9-17(29)10-8-15/h3-13,34H,2,14H2,1H3/b22-13-,33-27?. The molecule has 1 amide bonds. The smallest absolute Gasteiger partial charge is 0.344 e. The molecule has 4 rings (SSSR count). The molecule has 3 aromatic carbocycles. The topological polar surface area (TPSA) is 85.2 Å². The molecule has 0 spiro atoms. The zero-order valence-electron chi connectivity index (χ0n) is 20.2. The summed E-state index contributed by atoms with van der Waals surface area (Å²) >= 11 is 15.0. The number of hydrogen-bond donors (Lipinski definition) is 1. The van der Waals surface area contributed by atoms with E-state index in [0.29, 0.717) is 11.5 Å². The van der Waals surface area contributed by atoms with Crippen molar-refractivity contribution < 1.29 is 24.2 Å². The Kier molecular flexibility index (Phi) is 10.5. The van der Waals surface area contributed by atoms with Crippen molar-refractivity contribution in [1.82, 2.24) is 0 Å². The van der Waals surface area contributed by atoms with E-state index in [1.54, 1.807) is 37.3 Å². The van der Waals surface area contributed by atoms with Crippen LogP contribution in [0.2, 0.25) is 5.02 Å². The number of ether oxygens (including phenoxy) is 2. The van der Waals surface area contributed by atoms with E-state index in [0.717, 1.165) is 40.3 Å². The molecule has 0 saturated heterocycles. The Bertz CT molecular complexity index is 1520. The number of rotatable bonds is 7. The van der Waals surface area contributed by atoms with Crippen LogP contribution in [0.1, 0.15) is 28.4 Å². The van der Waals surface area contributed by atoms with Crippen molar-refractivity contribution in [3.05, 3.63) is 110 Å². The minimum atomic E-state index is -0.766. The maximum Gasteiger partial charge on any atom is 0.344 e. The minimum Gasteiger partial charge on any atom is -0.506 e. The molecular weight excluding hydrogens is 832 g/mol. The molecular formula is C28H19BrClI2NO5S. The third-order valence-electron chi connectivity index (χ3n) is 5.29. The molecule has 1 aliphatic heterocycles. The Morgan fingerprint density at radius 3 is 2.41 bits per heavy atom. The average molecular weight is 851 g/mol. The molecule has 0 fully saturated rings. The monoisotopic (exact) mass is 849 g/mol. The fraction of sp³-hybridized carbons (Fsp3) is 0.107. The molecule has 0 saturated carbocycles. The van der Waals surface area contributed by atoms with E-state index in [1.165, 1.54) is 0 Å². The first-order chi connectivity index (χ1) is 18.7. The number of benzene rings is 3. The van der Waals surface area contributed by atoms with Gasteiger partial charge in [-0.1, -0.05) is 63.6 Å². The van der Waals surface area contributed by atoms with Crippen molar-refractivity contribution in [3.63, 3.8) is 0 Å². The lowest BCUT2D eigenvalue weighted by atomic mass is 10.1. The molecule has 0 bridgehead atoms. The molecule has 0 aliphatic carbocycles. The van der Waals surface area contributed by atoms with Crippen LogP contribution in [0.3, 0.4) is 0 Å². The second-order valence-corrected chi connectivity index (χ2v) is 12.7. The second kappa shape index (κ2) is 13.7. The van der Waals surface area contributed by atoms with Gasteiger partial charge in [0.05, 0.1) is 29.2 Å². The van der Waals surface area contributed by atoms with Gasteiger partial charge in [0.15, 0.2) is 0 Å². The predicted octanol–water partition coefficient (Wildman–Crippen LogP) is 8.59. The molecule has 39 heavy (non-hydrogen) atoms. The molecule has 1 heterocycles. The summed E-state index contributed by atoms with van der Waals surface area (Å²) in [6.45, 7) is 2.18. The summed E-state index contributed by atoms with van der Waals surface area (Å²) in [6, 6.07) is 18.2. The number of aliphatic hydroxyl groups excluding tert-OH is 1. The Morgan fingerprint density at radius 1 is 1.10 bits per heavy atom. The van der Waals surface area contributed by atoms with Gasteiger partial charge in [0.2, 0.25) is 0 Å². The quantitative estimate of drug-likeness (QED) is 0.190. The molecule has 0 aromatic heterocycles. The molecule has 200 valence electrons. The number of carbonyl (C=O) groups excluding carboxylic acids is 2. The lowest BCUT2D eigenvalue weighted by molar-refractivity contribution is -0.138. The van der Waals surface area contributed by atoms with Crippen LogP contribution in [0.25, 0.3) is 6.08 Å². The molecule has 0 atom stereocenters. The molecule has 1 aliphatic rings. The first-order valence-electron chi connectivity index (χ1n) is 11.4. The fourth-order valence-electron chi connectivity index (χ4n) is 3.47. The number of hydrogen-bond acceptors (Lipinski definition) is 6. The van der Waals surface area contributed by atoms with Crippen LogP contribution in [-0.2, 0) is 16.1 Å². The number of thioether (sulfide) groups is 1. The summed E-state index contributed by atoms with van der Waals surface area (Å²) < 4.78 is 14.0. The summed E-state index contributed by atoms with van der Waals surface area (Å²) in [5.74, 6) is -0.947. The van der Waals surface area contributed by atoms with E-state index >= 15 is 0 Å². The van der Waals surface area contributed by atoms with Gasteiger partial charge in [0, 0.05) is 4.47 Å². The van der Waals surface area contributed by atoms with Crippen molar-refractivity contribution in [3.8, 4) is 5.75 Å². The molecule has 0 radical (unpaired) electrons. The third kappa shape index (κ3) is 7.46. The number of nitrogens with zero attached hydrogens (tertiary/aromatic N) is 1. The van der Waals surface area contributed by atoms with E-state index < -0.39 is 11.9 Å². The van der Waals surface area contributed by atoms with Gasteiger partial charge in [-0.3, -0.25) is 4.79 Å². The van der Waals surface area contributed by atoms with E-state index in [1.807, 2.05) is 36.4 Å². The van der Waals surface area contributed by atoms with Gasteiger partial charge in [-0.05, 0) is 106 Å². The third-order valence-corrected chi connectivity index (χ3v) is 8.77. The maximum atomic E-state index is 12.8. The maximum absolute atomic E-state index is 12.8. The summed E-state index contributed by atoms with van der Waals surface area (Å²) in [4.78, 5) is 30.0. The first kappa shape index (κ1) is 30.1. The Balaban J connectivity index is 1.63. The molecule has 1 N–H and O–H groups in total. The van der Waals surface area contributed by atoms with Crippen LogP contribution in [-0.4, -0.2) is 28.6 Å². The highest BCUT2D eigenvalue weighted by Crippen LogP contribution is 2.40. The minimum absolute atomic E-state index is 0.0426. The van der Waals surface area contributed by atoms with Gasteiger partial charge < -0.3 is 14.6 Å². The molecule has 3 aromatic rings. The van der Waals surface area contributed by atoms with Crippen molar-refractivity contribution in [2.75, 3.05) is 6.61 Å². The fourth-order valence-corrected chi connectivity index (χ4v) is 7.09. The first-order valence-corrected chi connectivity index (χ1v) is 15.6. The zero-order valence-corrected chi connectivity index (χ0v) is 27.7. The van der Waals surface area contributed by atoms with E-state index in [-0.39, 0.29) is 33.6 Å². The SMILES string of the molecule is CCOC(=O)C1=C(O)/C(=C/c2cc(I)c(OCc3ccc(Br)cc3)c(I)c2)SC1=NC(=O)c1ccccc1Cl. The van der Waals surface area contributed by atoms with Crippen LogP contribution >= 0.6 is 84.5 Å². The van der Waals surface area contributed by atoms with Gasteiger partial charge >= 0.3 is 5.97 Å². The Morgan fingerprint density at radius 2 is 1.77 bits per heavy atom. The highest BCUT2D eigenvalue weighted by Gasteiger charge is 2.34. The number of aliphatic imine (C=N–C) groups is 1. The highest BCUT2D eigenvalue weighted by molar-refractivity contribution is 14.1. The van der Waals surface area contributed by atoms with Gasteiger partial charge in [-0.2, -0.15) is 0 Å². The molecule has 0 unspecified atom stereocenters. The van der Waals surface area contributed by atoms with Crippen LogP contribution < -0.4 is 4.74 Å². The van der Waals surface area contributed by atoms with Crippen molar-refractivity contribution in [2.24, 2.45) is 4.99 Å².